The molecule has 0 heterocycles. The lowest BCUT2D eigenvalue weighted by atomic mass is 10.00. The van der Waals surface area contributed by atoms with E-state index >= 15 is 0 Å². The summed E-state index contributed by atoms with van der Waals surface area (Å²) in [6, 6.07) is 8.85. The van der Waals surface area contributed by atoms with E-state index in [2.05, 4.69) is 43.4 Å². The van der Waals surface area contributed by atoms with E-state index in [9.17, 15) is 4.21 Å². The van der Waals surface area contributed by atoms with Gasteiger partial charge in [-0.25, -0.2) is 0 Å². The fourth-order valence-corrected chi connectivity index (χ4v) is 3.67. The van der Waals surface area contributed by atoms with E-state index in [1.807, 2.05) is 7.05 Å². The van der Waals surface area contributed by atoms with Gasteiger partial charge < -0.3 is 10.1 Å². The van der Waals surface area contributed by atoms with E-state index in [-0.39, 0.29) is 6.04 Å². The van der Waals surface area contributed by atoms with Crippen molar-refractivity contribution in [3.05, 3.63) is 35.4 Å². The molecule has 4 heteroatoms. The van der Waals surface area contributed by atoms with E-state index in [1.165, 1.54) is 11.1 Å². The van der Waals surface area contributed by atoms with Gasteiger partial charge in [0.25, 0.3) is 0 Å². The lowest BCUT2D eigenvalue weighted by Gasteiger charge is -2.17. The second-order valence-corrected chi connectivity index (χ2v) is 7.46. The van der Waals surface area contributed by atoms with Gasteiger partial charge in [-0.2, -0.15) is 0 Å². The largest absolute Gasteiger partial charge is 0.385 e. The Labute approximate surface area is 131 Å². The number of nitrogens with one attached hydrogen (secondary N) is 1. The lowest BCUT2D eigenvalue weighted by Crippen LogP contribution is -2.24. The minimum atomic E-state index is -0.809. The molecule has 0 amide bonds. The zero-order chi connectivity index (χ0) is 15.7. The van der Waals surface area contributed by atoms with Crippen LogP contribution in [0.4, 0.5) is 0 Å². The van der Waals surface area contributed by atoms with Crippen molar-refractivity contribution < 1.29 is 8.95 Å². The number of methoxy groups -OCH3 is 1. The average molecular weight is 311 g/mol. The number of benzene rings is 1. The highest BCUT2D eigenvalue weighted by molar-refractivity contribution is 7.85. The van der Waals surface area contributed by atoms with Crippen molar-refractivity contribution in [2.24, 2.45) is 5.92 Å². The molecule has 0 aliphatic rings. The van der Waals surface area contributed by atoms with E-state index in [4.69, 9.17) is 4.74 Å². The summed E-state index contributed by atoms with van der Waals surface area (Å²) < 4.78 is 17.1. The monoisotopic (exact) mass is 311 g/mol. The molecule has 2 atom stereocenters. The maximum Gasteiger partial charge on any atom is 0.0471 e. The summed E-state index contributed by atoms with van der Waals surface area (Å²) in [5, 5.41) is 3.28. The van der Waals surface area contributed by atoms with Crippen LogP contribution in [0.1, 0.15) is 37.4 Å². The Morgan fingerprint density at radius 1 is 1.24 bits per heavy atom. The summed E-state index contributed by atoms with van der Waals surface area (Å²) in [7, 11) is 2.80. The molecule has 0 bridgehead atoms. The predicted molar refractivity (Wildman–Crippen MR) is 91.2 cm³/mol. The Morgan fingerprint density at radius 2 is 1.90 bits per heavy atom. The van der Waals surface area contributed by atoms with Crippen LogP contribution < -0.4 is 5.32 Å². The van der Waals surface area contributed by atoms with Gasteiger partial charge >= 0.3 is 0 Å². The molecule has 3 nitrogen and oxygen atoms in total. The van der Waals surface area contributed by atoms with Crippen LogP contribution in [0.2, 0.25) is 0 Å². The molecule has 1 rings (SSSR count). The third-order valence-electron chi connectivity index (χ3n) is 3.45. The molecule has 2 unspecified atom stereocenters. The quantitative estimate of drug-likeness (QED) is 0.675. The molecule has 1 N–H and O–H groups in total. The first-order valence-electron chi connectivity index (χ1n) is 7.66. The van der Waals surface area contributed by atoms with Gasteiger partial charge in [0, 0.05) is 42.1 Å². The van der Waals surface area contributed by atoms with Crippen molar-refractivity contribution in [2.45, 2.75) is 32.7 Å². The third kappa shape index (κ3) is 7.21. The Balaban J connectivity index is 2.57. The minimum Gasteiger partial charge on any atom is -0.385 e. The zero-order valence-corrected chi connectivity index (χ0v) is 14.5. The molecule has 0 radical (unpaired) electrons. The first-order chi connectivity index (χ1) is 10.1. The second kappa shape index (κ2) is 10.1. The van der Waals surface area contributed by atoms with Crippen LogP contribution in [0.25, 0.3) is 0 Å². The smallest absolute Gasteiger partial charge is 0.0471 e. The SMILES string of the molecule is CNC(CS(=O)CCCOC)c1ccc(CC(C)C)cc1. The van der Waals surface area contributed by atoms with Crippen molar-refractivity contribution in [3.8, 4) is 0 Å². The molecule has 120 valence electrons. The maximum absolute atomic E-state index is 12.1. The minimum absolute atomic E-state index is 0.154. The number of hydrogen-bond acceptors (Lipinski definition) is 3. The van der Waals surface area contributed by atoms with Crippen LogP contribution in [0.15, 0.2) is 24.3 Å². The number of ether oxygens (including phenoxy) is 1. The fraction of sp³-hybridized carbons (Fsp3) is 0.647. The van der Waals surface area contributed by atoms with Crippen molar-refractivity contribution in [3.63, 3.8) is 0 Å². The van der Waals surface area contributed by atoms with Gasteiger partial charge in [-0.3, -0.25) is 4.21 Å². The fourth-order valence-electron chi connectivity index (χ4n) is 2.34. The van der Waals surface area contributed by atoms with E-state index in [0.29, 0.717) is 24.0 Å². The highest BCUT2D eigenvalue weighted by Gasteiger charge is 2.13. The van der Waals surface area contributed by atoms with Gasteiger partial charge in [-0.15, -0.1) is 0 Å². The summed E-state index contributed by atoms with van der Waals surface area (Å²) in [5.41, 5.74) is 2.58. The molecular weight excluding hydrogens is 282 g/mol. The zero-order valence-electron chi connectivity index (χ0n) is 13.7. The van der Waals surface area contributed by atoms with Gasteiger partial charge in [-0.05, 0) is 36.9 Å². The maximum atomic E-state index is 12.1. The van der Waals surface area contributed by atoms with Gasteiger partial charge in [-0.1, -0.05) is 38.1 Å². The molecule has 0 saturated carbocycles. The van der Waals surface area contributed by atoms with Crippen LogP contribution in [0, 0.1) is 5.92 Å². The second-order valence-electron chi connectivity index (χ2n) is 5.84. The number of hydrogen-bond donors (Lipinski definition) is 1. The van der Waals surface area contributed by atoms with Crippen LogP contribution in [0.3, 0.4) is 0 Å². The van der Waals surface area contributed by atoms with Gasteiger partial charge in [0.15, 0.2) is 0 Å². The molecule has 21 heavy (non-hydrogen) atoms. The first kappa shape index (κ1) is 18.3. The van der Waals surface area contributed by atoms with E-state index in [0.717, 1.165) is 12.8 Å². The normalized spacial score (nSPS) is 14.3. The summed E-state index contributed by atoms with van der Waals surface area (Å²) in [4.78, 5) is 0. The predicted octanol–water partition coefficient (Wildman–Crippen LogP) is 2.93. The Kier molecular flexibility index (Phi) is 8.81. The first-order valence-corrected chi connectivity index (χ1v) is 9.15. The molecular formula is C17H29NO2S. The van der Waals surface area contributed by atoms with Crippen molar-refractivity contribution in [1.82, 2.24) is 5.32 Å². The Hall–Kier alpha value is -0.710. The van der Waals surface area contributed by atoms with Crippen molar-refractivity contribution >= 4 is 10.8 Å². The summed E-state index contributed by atoms with van der Waals surface area (Å²) >= 11 is 0. The summed E-state index contributed by atoms with van der Waals surface area (Å²) in [6.45, 7) is 5.14. The molecule has 0 aliphatic heterocycles. The van der Waals surface area contributed by atoms with Gasteiger partial charge in [0.2, 0.25) is 0 Å². The van der Waals surface area contributed by atoms with Gasteiger partial charge in [0.1, 0.15) is 0 Å². The highest BCUT2D eigenvalue weighted by atomic mass is 32.2. The molecule has 1 aromatic carbocycles. The van der Waals surface area contributed by atoms with Crippen LogP contribution in [0.5, 0.6) is 0 Å². The molecule has 0 saturated heterocycles. The topological polar surface area (TPSA) is 38.3 Å². The molecule has 0 aliphatic carbocycles. The summed E-state index contributed by atoms with van der Waals surface area (Å²) in [6.07, 6.45) is 1.96. The van der Waals surface area contributed by atoms with Crippen molar-refractivity contribution in [2.75, 3.05) is 32.3 Å². The lowest BCUT2D eigenvalue weighted by molar-refractivity contribution is 0.200. The molecule has 0 spiro atoms. The Bertz CT molecular complexity index is 417. The Morgan fingerprint density at radius 3 is 2.43 bits per heavy atom. The van der Waals surface area contributed by atoms with Gasteiger partial charge in [0.05, 0.1) is 0 Å². The van der Waals surface area contributed by atoms with E-state index in [1.54, 1.807) is 7.11 Å². The van der Waals surface area contributed by atoms with Crippen molar-refractivity contribution in [1.29, 1.82) is 0 Å². The summed E-state index contributed by atoms with van der Waals surface area (Å²) in [5.74, 6) is 2.03. The average Bonchev–Trinajstić information content (AvgIpc) is 2.45. The van der Waals surface area contributed by atoms with E-state index < -0.39 is 10.8 Å². The number of rotatable bonds is 10. The highest BCUT2D eigenvalue weighted by Crippen LogP contribution is 2.17. The molecule has 0 fully saturated rings. The third-order valence-corrected chi connectivity index (χ3v) is 4.90. The standard InChI is InChI=1S/C17H29NO2S/c1-14(2)12-15-6-8-16(9-7-15)17(18-3)13-21(19)11-5-10-20-4/h6-9,14,17-18H,5,10-13H2,1-4H3. The molecule has 0 aromatic heterocycles. The molecule has 1 aromatic rings. The van der Waals surface area contributed by atoms with Crippen LogP contribution in [-0.4, -0.2) is 36.5 Å². The van der Waals surface area contributed by atoms with Crippen LogP contribution in [-0.2, 0) is 22.0 Å². The van der Waals surface area contributed by atoms with Crippen LogP contribution >= 0.6 is 0 Å².